The molecule has 3 atom stereocenters. The van der Waals surface area contributed by atoms with E-state index in [2.05, 4.69) is 0 Å². The van der Waals surface area contributed by atoms with Crippen LogP contribution in [0.1, 0.15) is 46.5 Å². The van der Waals surface area contributed by atoms with Crippen LogP contribution in [0.3, 0.4) is 0 Å². The van der Waals surface area contributed by atoms with Crippen LogP contribution in [0.4, 0.5) is 0 Å². The molecule has 0 aromatic carbocycles. The third-order valence-electron chi connectivity index (χ3n) is 4.69. The van der Waals surface area contributed by atoms with Crippen molar-refractivity contribution in [2.75, 3.05) is 19.8 Å². The average molecular weight is 364 g/mol. The molecule has 1 aliphatic rings. The maximum absolute atomic E-state index is 12.6. The first-order valence-corrected chi connectivity index (χ1v) is 8.71. The molecule has 8 heteroatoms. The van der Waals surface area contributed by atoms with E-state index in [4.69, 9.17) is 14.2 Å². The fourth-order valence-electron chi connectivity index (χ4n) is 3.52. The second-order valence-electron chi connectivity index (χ2n) is 6.02. The van der Waals surface area contributed by atoms with Gasteiger partial charge in [-0.25, -0.2) is 0 Å². The van der Waals surface area contributed by atoms with Gasteiger partial charge in [0.05, 0.1) is 38.4 Å². The van der Waals surface area contributed by atoms with Crippen LogP contribution in [0, 0.1) is 39.4 Å². The van der Waals surface area contributed by atoms with Gasteiger partial charge in [0.15, 0.2) is 10.8 Å². The van der Waals surface area contributed by atoms with Gasteiger partial charge < -0.3 is 14.2 Å². The number of hydrogen-bond acceptors (Lipinski definition) is 8. The quantitative estimate of drug-likeness (QED) is 0.495. The second kappa shape index (κ2) is 9.19. The van der Waals surface area contributed by atoms with Crippen molar-refractivity contribution in [3.63, 3.8) is 0 Å². The summed E-state index contributed by atoms with van der Waals surface area (Å²) in [5.41, 5.74) is -3.58. The van der Waals surface area contributed by atoms with E-state index in [0.717, 1.165) is 0 Å². The van der Waals surface area contributed by atoms with Crippen LogP contribution >= 0.6 is 0 Å². The number of ether oxygens (including phenoxy) is 3. The lowest BCUT2D eigenvalue weighted by Crippen LogP contribution is -2.54. The molecular weight excluding hydrogens is 340 g/mol. The van der Waals surface area contributed by atoms with Gasteiger partial charge in [-0.15, -0.1) is 0 Å². The Morgan fingerprint density at radius 2 is 1.31 bits per heavy atom. The van der Waals surface area contributed by atoms with E-state index in [1.165, 1.54) is 0 Å². The molecule has 0 amide bonds. The molecule has 0 aromatic rings. The first-order valence-electron chi connectivity index (χ1n) is 8.71. The van der Waals surface area contributed by atoms with Crippen LogP contribution in [0.15, 0.2) is 0 Å². The summed E-state index contributed by atoms with van der Waals surface area (Å²) < 4.78 is 15.0. The summed E-state index contributed by atoms with van der Waals surface area (Å²) in [6.07, 6.45) is 0.0368. The largest absolute Gasteiger partial charge is 0.466 e. The number of hydrogen-bond donors (Lipinski definition) is 0. The maximum Gasteiger partial charge on any atom is 0.326 e. The SMILES string of the molecule is CCOC(=O)CC1[C@](C#N)(C(=O)OCC)CCC[C@]1(C#N)C(=O)OCC. The van der Waals surface area contributed by atoms with Crippen molar-refractivity contribution in [3.8, 4) is 12.1 Å². The molecule has 0 bridgehead atoms. The van der Waals surface area contributed by atoms with E-state index in [1.54, 1.807) is 20.8 Å². The third-order valence-corrected chi connectivity index (χ3v) is 4.69. The van der Waals surface area contributed by atoms with Crippen molar-refractivity contribution >= 4 is 17.9 Å². The first kappa shape index (κ1) is 21.4. The van der Waals surface area contributed by atoms with Crippen LogP contribution in [-0.4, -0.2) is 37.7 Å². The minimum atomic E-state index is -1.79. The molecule has 0 aliphatic heterocycles. The van der Waals surface area contributed by atoms with E-state index in [-0.39, 0.29) is 39.1 Å². The van der Waals surface area contributed by atoms with Crippen LogP contribution in [0.2, 0.25) is 0 Å². The molecule has 142 valence electrons. The van der Waals surface area contributed by atoms with Gasteiger partial charge in [0.1, 0.15) is 0 Å². The number of nitrogens with zero attached hydrogens (tertiary/aromatic N) is 2. The molecule has 0 N–H and O–H groups in total. The minimum Gasteiger partial charge on any atom is -0.466 e. The molecule has 26 heavy (non-hydrogen) atoms. The minimum absolute atomic E-state index is 0.0351. The van der Waals surface area contributed by atoms with Crippen molar-refractivity contribution in [1.29, 1.82) is 10.5 Å². The molecule has 0 aromatic heterocycles. The second-order valence-corrected chi connectivity index (χ2v) is 6.02. The van der Waals surface area contributed by atoms with Gasteiger partial charge in [-0.05, 0) is 40.0 Å². The highest BCUT2D eigenvalue weighted by Crippen LogP contribution is 2.54. The van der Waals surface area contributed by atoms with Crippen molar-refractivity contribution in [2.45, 2.75) is 46.5 Å². The topological polar surface area (TPSA) is 126 Å². The van der Waals surface area contributed by atoms with Gasteiger partial charge in [0, 0.05) is 5.92 Å². The normalized spacial score (nSPS) is 27.5. The molecule has 0 radical (unpaired) electrons. The summed E-state index contributed by atoms with van der Waals surface area (Å²) in [5, 5.41) is 19.7. The molecule has 1 aliphatic carbocycles. The van der Waals surface area contributed by atoms with Crippen molar-refractivity contribution in [1.82, 2.24) is 0 Å². The van der Waals surface area contributed by atoms with Gasteiger partial charge in [0.25, 0.3) is 0 Å². The first-order chi connectivity index (χ1) is 12.4. The third kappa shape index (κ3) is 3.80. The Morgan fingerprint density at radius 3 is 1.65 bits per heavy atom. The fraction of sp³-hybridized carbons (Fsp3) is 0.722. The monoisotopic (exact) mass is 364 g/mol. The summed E-state index contributed by atoms with van der Waals surface area (Å²) in [6.45, 7) is 4.97. The summed E-state index contributed by atoms with van der Waals surface area (Å²) in [5.74, 6) is -3.57. The predicted molar refractivity (Wildman–Crippen MR) is 87.9 cm³/mol. The van der Waals surface area contributed by atoms with Gasteiger partial charge in [-0.1, -0.05) is 0 Å². The highest BCUT2D eigenvalue weighted by molar-refractivity contribution is 5.88. The number of carbonyl (C=O) groups is 3. The van der Waals surface area contributed by atoms with Crippen LogP contribution in [0.5, 0.6) is 0 Å². The zero-order chi connectivity index (χ0) is 19.8. The van der Waals surface area contributed by atoms with E-state index in [9.17, 15) is 24.9 Å². The van der Waals surface area contributed by atoms with Crippen molar-refractivity contribution in [3.05, 3.63) is 0 Å². The molecule has 1 rings (SSSR count). The van der Waals surface area contributed by atoms with Crippen molar-refractivity contribution < 1.29 is 28.6 Å². The van der Waals surface area contributed by atoms with Gasteiger partial charge in [-0.3, -0.25) is 14.4 Å². The molecule has 0 saturated heterocycles. The lowest BCUT2D eigenvalue weighted by molar-refractivity contribution is -0.172. The number of esters is 3. The molecule has 1 fully saturated rings. The van der Waals surface area contributed by atoms with E-state index in [0.29, 0.717) is 0 Å². The van der Waals surface area contributed by atoms with E-state index < -0.39 is 41.1 Å². The fourth-order valence-corrected chi connectivity index (χ4v) is 3.52. The highest BCUT2D eigenvalue weighted by atomic mass is 16.5. The van der Waals surface area contributed by atoms with Gasteiger partial charge in [0.2, 0.25) is 0 Å². The summed E-state index contributed by atoms with van der Waals surface area (Å²) >= 11 is 0. The molecule has 1 saturated carbocycles. The Balaban J connectivity index is 3.51. The lowest BCUT2D eigenvalue weighted by Gasteiger charge is -2.44. The summed E-state index contributed by atoms with van der Waals surface area (Å²) in [4.78, 5) is 37.4. The number of nitriles is 2. The summed E-state index contributed by atoms with van der Waals surface area (Å²) in [6, 6.07) is 3.89. The zero-order valence-electron chi connectivity index (χ0n) is 15.4. The Hall–Kier alpha value is -2.61. The predicted octanol–water partition coefficient (Wildman–Crippen LogP) is 1.89. The summed E-state index contributed by atoms with van der Waals surface area (Å²) in [7, 11) is 0. The molecule has 1 unspecified atom stereocenters. The Bertz CT molecular complexity index is 591. The maximum atomic E-state index is 12.6. The molecule has 8 nitrogen and oxygen atoms in total. The van der Waals surface area contributed by atoms with Gasteiger partial charge in [-0.2, -0.15) is 10.5 Å². The molecule has 0 heterocycles. The van der Waals surface area contributed by atoms with Gasteiger partial charge >= 0.3 is 17.9 Å². The molecular formula is C18H24N2O6. The zero-order valence-corrected chi connectivity index (χ0v) is 15.4. The van der Waals surface area contributed by atoms with E-state index >= 15 is 0 Å². The smallest absolute Gasteiger partial charge is 0.326 e. The Morgan fingerprint density at radius 1 is 0.885 bits per heavy atom. The lowest BCUT2D eigenvalue weighted by atomic mass is 9.54. The standard InChI is InChI=1S/C18H24N2O6/c1-4-24-14(21)10-13-17(11-19,15(22)25-5-2)8-7-9-18(13,12-20)16(23)26-6-3/h13H,4-10H2,1-3H3/t13?,17-,18+. The number of carbonyl (C=O) groups excluding carboxylic acids is 3. The van der Waals surface area contributed by atoms with Crippen LogP contribution < -0.4 is 0 Å². The van der Waals surface area contributed by atoms with Crippen LogP contribution in [0.25, 0.3) is 0 Å². The van der Waals surface area contributed by atoms with Crippen molar-refractivity contribution in [2.24, 2.45) is 16.7 Å². The average Bonchev–Trinajstić information content (AvgIpc) is 2.62. The van der Waals surface area contributed by atoms with E-state index in [1.807, 2.05) is 12.1 Å². The highest BCUT2D eigenvalue weighted by Gasteiger charge is 2.64. The Kier molecular flexibility index (Phi) is 7.57. The molecule has 0 spiro atoms. The Labute approximate surface area is 153 Å². The van der Waals surface area contributed by atoms with Crippen LogP contribution in [-0.2, 0) is 28.6 Å². The number of rotatable bonds is 7.